The van der Waals surface area contributed by atoms with Crippen LogP contribution in [0.2, 0.25) is 0 Å². The van der Waals surface area contributed by atoms with Crippen LogP contribution in [0.5, 0.6) is 0 Å². The second-order valence-corrected chi connectivity index (χ2v) is 6.39. The van der Waals surface area contributed by atoms with Gasteiger partial charge in [-0.1, -0.05) is 30.3 Å². The molecule has 5 nitrogen and oxygen atoms in total. The summed E-state index contributed by atoms with van der Waals surface area (Å²) in [5, 5.41) is 0.959. The number of aromatic nitrogens is 2. The van der Waals surface area contributed by atoms with Crippen LogP contribution in [-0.2, 0) is 11.2 Å². The van der Waals surface area contributed by atoms with Crippen molar-refractivity contribution in [2.24, 2.45) is 0 Å². The van der Waals surface area contributed by atoms with Crippen molar-refractivity contribution in [1.29, 1.82) is 0 Å². The Kier molecular flexibility index (Phi) is 4.38. The molecule has 3 rings (SSSR count). The Morgan fingerprint density at radius 2 is 2.09 bits per heavy atom. The van der Waals surface area contributed by atoms with Crippen LogP contribution in [0.1, 0.15) is 25.2 Å². The van der Waals surface area contributed by atoms with Crippen molar-refractivity contribution in [3.8, 4) is 0 Å². The molecule has 0 radical (unpaired) electrons. The number of carbonyl (C=O) groups excluding carboxylic acids is 1. The minimum atomic E-state index is 0.147. The van der Waals surface area contributed by atoms with Crippen molar-refractivity contribution in [2.45, 2.75) is 26.3 Å². The molecule has 0 aliphatic carbocycles. The lowest BCUT2D eigenvalue weighted by Crippen LogP contribution is -2.53. The number of benzene rings is 1. The molecule has 1 saturated heterocycles. The van der Waals surface area contributed by atoms with Crippen LogP contribution in [0.15, 0.2) is 30.3 Å². The van der Waals surface area contributed by atoms with Gasteiger partial charge in [0.15, 0.2) is 0 Å². The molecule has 0 N–H and O–H groups in total. The minimum Gasteiger partial charge on any atom is -0.343 e. The molecule has 22 heavy (non-hydrogen) atoms. The number of anilines is 1. The second-order valence-electron chi connectivity index (χ2n) is 5.66. The maximum absolute atomic E-state index is 11.5. The molecule has 1 aliphatic rings. The smallest absolute Gasteiger partial charge is 0.219 e. The second kappa shape index (κ2) is 6.44. The summed E-state index contributed by atoms with van der Waals surface area (Å²) >= 11 is 1.45. The SMILES string of the molecule is CC(=O)N1CCN(c2nc(Cc3ccccc3)ns2)CC1C. The number of hydrogen-bond donors (Lipinski definition) is 0. The molecule has 1 aromatic carbocycles. The van der Waals surface area contributed by atoms with Gasteiger partial charge in [0.1, 0.15) is 5.82 Å². The number of hydrogen-bond acceptors (Lipinski definition) is 5. The number of amides is 1. The van der Waals surface area contributed by atoms with Crippen LogP contribution in [0, 0.1) is 0 Å². The van der Waals surface area contributed by atoms with Crippen molar-refractivity contribution < 1.29 is 4.79 Å². The third-order valence-corrected chi connectivity index (χ3v) is 4.78. The Labute approximate surface area is 134 Å². The summed E-state index contributed by atoms with van der Waals surface area (Å²) in [5.74, 6) is 1.02. The number of piperazine rings is 1. The lowest BCUT2D eigenvalue weighted by atomic mass is 10.1. The van der Waals surface area contributed by atoms with Gasteiger partial charge in [0.05, 0.1) is 0 Å². The Balaban J connectivity index is 1.66. The number of carbonyl (C=O) groups is 1. The van der Waals surface area contributed by atoms with E-state index in [1.165, 1.54) is 17.1 Å². The Morgan fingerprint density at radius 1 is 1.32 bits per heavy atom. The maximum Gasteiger partial charge on any atom is 0.219 e. The Bertz CT molecular complexity index is 643. The van der Waals surface area contributed by atoms with E-state index < -0.39 is 0 Å². The van der Waals surface area contributed by atoms with Gasteiger partial charge in [-0.2, -0.15) is 4.37 Å². The summed E-state index contributed by atoms with van der Waals surface area (Å²) in [4.78, 5) is 20.4. The molecule has 0 saturated carbocycles. The number of rotatable bonds is 3. The lowest BCUT2D eigenvalue weighted by molar-refractivity contribution is -0.131. The summed E-state index contributed by atoms with van der Waals surface area (Å²) in [5.41, 5.74) is 1.22. The van der Waals surface area contributed by atoms with Crippen molar-refractivity contribution in [1.82, 2.24) is 14.3 Å². The molecule has 6 heteroatoms. The summed E-state index contributed by atoms with van der Waals surface area (Å²) in [6, 6.07) is 10.5. The van der Waals surface area contributed by atoms with Gasteiger partial charge in [-0.15, -0.1) is 0 Å². The quantitative estimate of drug-likeness (QED) is 0.871. The van der Waals surface area contributed by atoms with Gasteiger partial charge in [0.2, 0.25) is 11.0 Å². The standard InChI is InChI=1S/C16H20N4OS/c1-12-11-19(8-9-20(12)13(2)21)16-17-15(18-22-16)10-14-6-4-3-5-7-14/h3-7,12H,8-11H2,1-2H3. The van der Waals surface area contributed by atoms with Gasteiger partial charge in [0.25, 0.3) is 0 Å². The lowest BCUT2D eigenvalue weighted by Gasteiger charge is -2.39. The first kappa shape index (κ1) is 15.0. The zero-order valence-corrected chi connectivity index (χ0v) is 13.7. The van der Waals surface area contributed by atoms with Crippen LogP contribution in [0.3, 0.4) is 0 Å². The average Bonchev–Trinajstić information content (AvgIpc) is 2.96. The predicted molar refractivity (Wildman–Crippen MR) is 88.2 cm³/mol. The van der Waals surface area contributed by atoms with Gasteiger partial charge >= 0.3 is 0 Å². The van der Waals surface area contributed by atoms with E-state index in [1.54, 1.807) is 6.92 Å². The zero-order chi connectivity index (χ0) is 15.5. The highest BCUT2D eigenvalue weighted by atomic mass is 32.1. The fourth-order valence-electron chi connectivity index (χ4n) is 2.82. The summed E-state index contributed by atoms with van der Waals surface area (Å²) in [7, 11) is 0. The van der Waals surface area contributed by atoms with E-state index in [0.717, 1.165) is 37.0 Å². The van der Waals surface area contributed by atoms with Crippen LogP contribution in [-0.4, -0.2) is 45.8 Å². The summed E-state index contributed by atoms with van der Waals surface area (Å²) in [6.45, 7) is 6.11. The zero-order valence-electron chi connectivity index (χ0n) is 12.9. The van der Waals surface area contributed by atoms with Crippen LogP contribution in [0.25, 0.3) is 0 Å². The van der Waals surface area contributed by atoms with Gasteiger partial charge in [-0.25, -0.2) is 4.98 Å². The molecule has 1 atom stereocenters. The monoisotopic (exact) mass is 316 g/mol. The van der Waals surface area contributed by atoms with Gasteiger partial charge in [-0.3, -0.25) is 4.79 Å². The largest absolute Gasteiger partial charge is 0.343 e. The topological polar surface area (TPSA) is 49.3 Å². The highest BCUT2D eigenvalue weighted by molar-refractivity contribution is 7.09. The molecule has 2 aromatic rings. The first-order valence-corrected chi connectivity index (χ1v) is 8.29. The molecule has 1 unspecified atom stereocenters. The van der Waals surface area contributed by atoms with Gasteiger partial charge in [-0.05, 0) is 12.5 Å². The molecule has 1 aromatic heterocycles. The Morgan fingerprint density at radius 3 is 2.77 bits per heavy atom. The number of nitrogens with zero attached hydrogens (tertiary/aromatic N) is 4. The van der Waals surface area contributed by atoms with Gasteiger partial charge < -0.3 is 9.80 Å². The molecule has 1 fully saturated rings. The van der Waals surface area contributed by atoms with E-state index in [4.69, 9.17) is 0 Å². The summed E-state index contributed by atoms with van der Waals surface area (Å²) < 4.78 is 4.47. The summed E-state index contributed by atoms with van der Waals surface area (Å²) in [6.07, 6.45) is 0.764. The highest BCUT2D eigenvalue weighted by Crippen LogP contribution is 2.22. The molecular formula is C16H20N4OS. The first-order valence-electron chi connectivity index (χ1n) is 7.52. The van der Waals surface area contributed by atoms with E-state index in [9.17, 15) is 4.79 Å². The van der Waals surface area contributed by atoms with Gasteiger partial charge in [0, 0.05) is 50.6 Å². The maximum atomic E-state index is 11.5. The first-order chi connectivity index (χ1) is 10.6. The predicted octanol–water partition coefficient (Wildman–Crippen LogP) is 2.19. The molecule has 2 heterocycles. The van der Waals surface area contributed by atoms with Crippen molar-refractivity contribution in [3.05, 3.63) is 41.7 Å². The van der Waals surface area contributed by atoms with E-state index >= 15 is 0 Å². The van der Waals surface area contributed by atoms with E-state index in [-0.39, 0.29) is 11.9 Å². The van der Waals surface area contributed by atoms with Crippen LogP contribution >= 0.6 is 11.5 Å². The molecule has 116 valence electrons. The molecule has 1 amide bonds. The fraction of sp³-hybridized carbons (Fsp3) is 0.438. The van der Waals surface area contributed by atoms with Crippen molar-refractivity contribution in [3.63, 3.8) is 0 Å². The minimum absolute atomic E-state index is 0.147. The van der Waals surface area contributed by atoms with Crippen LogP contribution < -0.4 is 4.90 Å². The highest BCUT2D eigenvalue weighted by Gasteiger charge is 2.27. The fourth-order valence-corrected chi connectivity index (χ4v) is 3.54. The van der Waals surface area contributed by atoms with Crippen molar-refractivity contribution in [2.75, 3.05) is 24.5 Å². The normalized spacial score (nSPS) is 18.5. The third-order valence-electron chi connectivity index (χ3n) is 3.96. The van der Waals surface area contributed by atoms with Crippen molar-refractivity contribution >= 4 is 22.6 Å². The van der Waals surface area contributed by atoms with Crippen LogP contribution in [0.4, 0.5) is 5.13 Å². The van der Waals surface area contributed by atoms with E-state index in [1.807, 2.05) is 23.1 Å². The third kappa shape index (κ3) is 3.27. The molecule has 0 bridgehead atoms. The molecule has 1 aliphatic heterocycles. The Hall–Kier alpha value is -1.95. The molecule has 0 spiro atoms. The van der Waals surface area contributed by atoms with E-state index in [0.29, 0.717) is 0 Å². The molecular weight excluding hydrogens is 296 g/mol. The average molecular weight is 316 g/mol. The van der Waals surface area contributed by atoms with E-state index in [2.05, 4.69) is 33.3 Å².